The molecule has 1 aromatic heterocycles. The number of amides is 1. The Morgan fingerprint density at radius 1 is 1.08 bits per heavy atom. The summed E-state index contributed by atoms with van der Waals surface area (Å²) in [4.78, 5) is 12.4. The van der Waals surface area contributed by atoms with Crippen molar-refractivity contribution in [2.45, 2.75) is 11.8 Å². The number of benzene rings is 2. The normalized spacial score (nSPS) is 11.2. The van der Waals surface area contributed by atoms with Crippen molar-refractivity contribution in [2.24, 2.45) is 0 Å². The van der Waals surface area contributed by atoms with E-state index in [1.165, 1.54) is 24.3 Å². The summed E-state index contributed by atoms with van der Waals surface area (Å²) in [6.45, 7) is 1.55. The van der Waals surface area contributed by atoms with Crippen molar-refractivity contribution in [2.75, 3.05) is 11.1 Å². The molecule has 25 heavy (non-hydrogen) atoms. The van der Waals surface area contributed by atoms with Crippen LogP contribution in [0.5, 0.6) is 0 Å². The van der Waals surface area contributed by atoms with Crippen LogP contribution in [0.15, 0.2) is 63.9 Å². The van der Waals surface area contributed by atoms with E-state index < -0.39 is 15.7 Å². The first-order valence-corrected chi connectivity index (χ1v) is 9.18. The van der Waals surface area contributed by atoms with E-state index in [-0.39, 0.29) is 28.1 Å². The third-order valence-electron chi connectivity index (χ3n) is 3.50. The van der Waals surface area contributed by atoms with Crippen LogP contribution in [0, 0.1) is 0 Å². The zero-order chi connectivity index (χ0) is 17.9. The summed E-state index contributed by atoms with van der Waals surface area (Å²) in [6.07, 6.45) is 0. The largest absolute Gasteiger partial charge is 0.403 e. The second-order valence-electron chi connectivity index (χ2n) is 5.16. The number of aromatic nitrogens is 2. The summed E-state index contributed by atoms with van der Waals surface area (Å²) < 4.78 is 29.3. The molecule has 0 aliphatic heterocycles. The molecule has 1 amide bonds. The van der Waals surface area contributed by atoms with Crippen molar-refractivity contribution < 1.29 is 17.6 Å². The van der Waals surface area contributed by atoms with Crippen LogP contribution in [0.4, 0.5) is 6.01 Å². The van der Waals surface area contributed by atoms with Gasteiger partial charge in [-0.3, -0.25) is 10.1 Å². The third-order valence-corrected chi connectivity index (χ3v) is 5.23. The summed E-state index contributed by atoms with van der Waals surface area (Å²) in [7, 11) is -3.39. The predicted octanol–water partition coefficient (Wildman–Crippen LogP) is 2.78. The number of anilines is 1. The molecule has 3 rings (SSSR count). The lowest BCUT2D eigenvalue weighted by Gasteiger charge is -2.04. The molecular weight excluding hydrogens is 342 g/mol. The van der Waals surface area contributed by atoms with Crippen LogP contribution in [0.3, 0.4) is 0 Å². The maximum Gasteiger partial charge on any atom is 0.322 e. The van der Waals surface area contributed by atoms with Gasteiger partial charge < -0.3 is 4.42 Å². The Morgan fingerprint density at radius 3 is 2.56 bits per heavy atom. The van der Waals surface area contributed by atoms with Crippen LogP contribution in [-0.2, 0) is 9.84 Å². The molecule has 0 radical (unpaired) electrons. The van der Waals surface area contributed by atoms with Crippen molar-refractivity contribution in [3.63, 3.8) is 0 Å². The number of hydrogen-bond donors (Lipinski definition) is 1. The summed E-state index contributed by atoms with van der Waals surface area (Å²) in [5, 5.41) is 10.1. The molecule has 128 valence electrons. The lowest BCUT2D eigenvalue weighted by atomic mass is 10.2. The standard InChI is InChI=1S/C17H15N3O4S/c1-2-25(22,23)14-10-6-9-13(11-14)15(21)18-17-20-19-16(24-17)12-7-4-3-5-8-12/h3-11H,2H2,1H3,(H,18,20,21). The van der Waals surface area contributed by atoms with Crippen molar-refractivity contribution in [1.29, 1.82) is 0 Å². The van der Waals surface area contributed by atoms with Crippen LogP contribution in [0.25, 0.3) is 11.5 Å². The average molecular weight is 357 g/mol. The highest BCUT2D eigenvalue weighted by molar-refractivity contribution is 7.91. The van der Waals surface area contributed by atoms with Crippen LogP contribution < -0.4 is 5.32 Å². The number of carbonyl (C=O) groups is 1. The fourth-order valence-electron chi connectivity index (χ4n) is 2.14. The molecule has 0 saturated heterocycles. The Kier molecular flexibility index (Phi) is 4.62. The zero-order valence-electron chi connectivity index (χ0n) is 13.3. The molecule has 0 aliphatic rings. The fraction of sp³-hybridized carbons (Fsp3) is 0.118. The molecule has 0 fully saturated rings. The van der Waals surface area contributed by atoms with Crippen LogP contribution in [0.1, 0.15) is 17.3 Å². The minimum atomic E-state index is -3.39. The van der Waals surface area contributed by atoms with E-state index in [9.17, 15) is 13.2 Å². The van der Waals surface area contributed by atoms with Crippen molar-refractivity contribution in [1.82, 2.24) is 10.2 Å². The topological polar surface area (TPSA) is 102 Å². The van der Waals surface area contributed by atoms with Gasteiger partial charge in [0.2, 0.25) is 5.89 Å². The summed E-state index contributed by atoms with van der Waals surface area (Å²) in [5.41, 5.74) is 0.917. The quantitative estimate of drug-likeness (QED) is 0.753. The van der Waals surface area contributed by atoms with Crippen molar-refractivity contribution in [3.05, 3.63) is 60.2 Å². The maximum atomic E-state index is 12.3. The fourth-order valence-corrected chi connectivity index (χ4v) is 3.06. The molecule has 8 heteroatoms. The van der Waals surface area contributed by atoms with Gasteiger partial charge in [0.25, 0.3) is 5.91 Å². The highest BCUT2D eigenvalue weighted by Crippen LogP contribution is 2.20. The number of sulfone groups is 1. The van der Waals surface area contributed by atoms with Crippen molar-refractivity contribution >= 4 is 21.8 Å². The minimum Gasteiger partial charge on any atom is -0.403 e. The van der Waals surface area contributed by atoms with Gasteiger partial charge in [-0.15, -0.1) is 5.10 Å². The number of hydrogen-bond acceptors (Lipinski definition) is 6. The van der Waals surface area contributed by atoms with Crippen LogP contribution in [-0.4, -0.2) is 30.3 Å². The van der Waals surface area contributed by atoms with Crippen molar-refractivity contribution in [3.8, 4) is 11.5 Å². The minimum absolute atomic E-state index is 0.0395. The Morgan fingerprint density at radius 2 is 1.84 bits per heavy atom. The monoisotopic (exact) mass is 357 g/mol. The van der Waals surface area contributed by atoms with Gasteiger partial charge in [0.15, 0.2) is 9.84 Å². The highest BCUT2D eigenvalue weighted by atomic mass is 32.2. The predicted molar refractivity (Wildman–Crippen MR) is 91.9 cm³/mol. The Hall–Kier alpha value is -3.00. The molecule has 0 atom stereocenters. The van der Waals surface area contributed by atoms with E-state index >= 15 is 0 Å². The van der Waals surface area contributed by atoms with Gasteiger partial charge in [-0.05, 0) is 30.3 Å². The van der Waals surface area contributed by atoms with E-state index in [0.29, 0.717) is 0 Å². The first kappa shape index (κ1) is 16.8. The van der Waals surface area contributed by atoms with E-state index in [0.717, 1.165) is 5.56 Å². The maximum absolute atomic E-state index is 12.3. The molecule has 0 unspecified atom stereocenters. The molecule has 1 heterocycles. The Labute approximate surface area is 144 Å². The van der Waals surface area contributed by atoms with E-state index in [4.69, 9.17) is 4.42 Å². The highest BCUT2D eigenvalue weighted by Gasteiger charge is 2.16. The molecule has 0 bridgehead atoms. The summed E-state index contributed by atoms with van der Waals surface area (Å²) in [6, 6.07) is 14.9. The van der Waals surface area contributed by atoms with Gasteiger partial charge in [-0.2, -0.15) is 0 Å². The molecule has 3 aromatic rings. The smallest absolute Gasteiger partial charge is 0.322 e. The Balaban J connectivity index is 1.80. The summed E-state index contributed by atoms with van der Waals surface area (Å²) >= 11 is 0. The molecule has 7 nitrogen and oxygen atoms in total. The first-order chi connectivity index (χ1) is 12.0. The SMILES string of the molecule is CCS(=O)(=O)c1cccc(C(=O)Nc2nnc(-c3ccccc3)o2)c1. The Bertz CT molecular complexity index is 997. The van der Waals surface area contributed by atoms with Gasteiger partial charge in [-0.1, -0.05) is 36.3 Å². The van der Waals surface area contributed by atoms with Gasteiger partial charge in [0.1, 0.15) is 0 Å². The van der Waals surface area contributed by atoms with E-state index in [1.54, 1.807) is 19.1 Å². The van der Waals surface area contributed by atoms with Gasteiger partial charge in [0, 0.05) is 11.1 Å². The van der Waals surface area contributed by atoms with E-state index in [2.05, 4.69) is 15.5 Å². The molecular formula is C17H15N3O4S. The first-order valence-electron chi connectivity index (χ1n) is 7.52. The second-order valence-corrected chi connectivity index (χ2v) is 7.44. The van der Waals surface area contributed by atoms with Crippen LogP contribution in [0.2, 0.25) is 0 Å². The molecule has 0 aliphatic carbocycles. The second kappa shape index (κ2) is 6.86. The molecule has 0 spiro atoms. The molecule has 1 N–H and O–H groups in total. The number of carbonyl (C=O) groups excluding carboxylic acids is 1. The lowest BCUT2D eigenvalue weighted by molar-refractivity contribution is 0.102. The van der Waals surface area contributed by atoms with Gasteiger partial charge in [-0.25, -0.2) is 8.42 Å². The number of nitrogens with one attached hydrogen (secondary N) is 1. The summed E-state index contributed by atoms with van der Waals surface area (Å²) in [5.74, 6) is -0.294. The third kappa shape index (κ3) is 3.74. The zero-order valence-corrected chi connectivity index (χ0v) is 14.2. The molecule has 0 saturated carbocycles. The van der Waals surface area contributed by atoms with Gasteiger partial charge in [0.05, 0.1) is 10.6 Å². The number of nitrogens with zero attached hydrogens (tertiary/aromatic N) is 2. The average Bonchev–Trinajstić information content (AvgIpc) is 3.11. The molecule has 2 aromatic carbocycles. The van der Waals surface area contributed by atoms with E-state index in [1.807, 2.05) is 18.2 Å². The number of rotatable bonds is 5. The van der Waals surface area contributed by atoms with Crippen LogP contribution >= 0.6 is 0 Å². The van der Waals surface area contributed by atoms with Gasteiger partial charge >= 0.3 is 6.01 Å². The lowest BCUT2D eigenvalue weighted by Crippen LogP contribution is -2.13.